The van der Waals surface area contributed by atoms with Gasteiger partial charge >= 0.3 is 5.97 Å². The van der Waals surface area contributed by atoms with Gasteiger partial charge in [-0.25, -0.2) is 4.79 Å². The van der Waals surface area contributed by atoms with Gasteiger partial charge in [0.2, 0.25) is 0 Å². The smallest absolute Gasteiger partial charge is 0.335 e. The fraction of sp³-hybridized carbons (Fsp3) is 0.462. The van der Waals surface area contributed by atoms with Crippen LogP contribution in [0, 0.1) is 5.92 Å². The Morgan fingerprint density at radius 2 is 2.18 bits per heavy atom. The Labute approximate surface area is 106 Å². The van der Waals surface area contributed by atoms with Gasteiger partial charge in [-0.05, 0) is 37.0 Å². The van der Waals surface area contributed by atoms with Crippen molar-refractivity contribution in [2.45, 2.75) is 26.7 Å². The van der Waals surface area contributed by atoms with E-state index in [9.17, 15) is 4.79 Å². The van der Waals surface area contributed by atoms with Gasteiger partial charge in [0.05, 0.1) is 17.2 Å². The number of halogens is 1. The van der Waals surface area contributed by atoms with Crippen molar-refractivity contribution in [2.75, 3.05) is 6.61 Å². The Bertz CT molecular complexity index is 388. The largest absolute Gasteiger partial charge is 0.492 e. The first-order chi connectivity index (χ1) is 8.00. The molecule has 0 aliphatic heterocycles. The second-order valence-corrected chi connectivity index (χ2v) is 4.74. The molecule has 94 valence electrons. The number of benzene rings is 1. The third-order valence-corrected chi connectivity index (χ3v) is 2.66. The Balaban J connectivity index is 2.52. The minimum absolute atomic E-state index is 0.171. The van der Waals surface area contributed by atoms with Crippen LogP contribution in [0.1, 0.15) is 37.0 Å². The first-order valence-corrected chi connectivity index (χ1v) is 6.04. The molecule has 1 aromatic rings. The van der Waals surface area contributed by atoms with E-state index in [-0.39, 0.29) is 5.56 Å². The number of ether oxygens (including phenoxy) is 1. The number of aromatic carboxylic acids is 1. The number of carboxylic acids is 1. The fourth-order valence-corrected chi connectivity index (χ4v) is 1.66. The Hall–Kier alpha value is -1.22. The molecule has 0 atom stereocenters. The van der Waals surface area contributed by atoms with Crippen LogP contribution < -0.4 is 4.74 Å². The molecule has 0 unspecified atom stereocenters. The summed E-state index contributed by atoms with van der Waals surface area (Å²) in [7, 11) is 0. The Morgan fingerprint density at radius 3 is 2.71 bits per heavy atom. The predicted octanol–water partition coefficient (Wildman–Crippen LogP) is 3.85. The van der Waals surface area contributed by atoms with Crippen molar-refractivity contribution in [3.05, 3.63) is 28.8 Å². The van der Waals surface area contributed by atoms with Gasteiger partial charge in [-0.3, -0.25) is 0 Å². The maximum absolute atomic E-state index is 10.7. The molecule has 0 aliphatic carbocycles. The van der Waals surface area contributed by atoms with E-state index in [1.54, 1.807) is 6.07 Å². The maximum atomic E-state index is 10.7. The summed E-state index contributed by atoms with van der Waals surface area (Å²) in [4.78, 5) is 10.7. The SMILES string of the molecule is CC(C)CCCOc1ccc(C(=O)O)cc1Cl. The van der Waals surface area contributed by atoms with E-state index in [0.717, 1.165) is 12.8 Å². The molecule has 1 N–H and O–H groups in total. The summed E-state index contributed by atoms with van der Waals surface area (Å²) in [5.74, 6) is 0.210. The van der Waals surface area contributed by atoms with E-state index in [4.69, 9.17) is 21.4 Å². The molecule has 0 aliphatic rings. The lowest BCUT2D eigenvalue weighted by atomic mass is 10.1. The van der Waals surface area contributed by atoms with Crippen molar-refractivity contribution in [1.82, 2.24) is 0 Å². The zero-order chi connectivity index (χ0) is 12.8. The normalized spacial score (nSPS) is 10.6. The van der Waals surface area contributed by atoms with Gasteiger partial charge in [0.15, 0.2) is 0 Å². The van der Waals surface area contributed by atoms with Crippen molar-refractivity contribution in [2.24, 2.45) is 5.92 Å². The van der Waals surface area contributed by atoms with Crippen LogP contribution >= 0.6 is 11.6 Å². The van der Waals surface area contributed by atoms with Crippen molar-refractivity contribution < 1.29 is 14.6 Å². The average molecular weight is 257 g/mol. The first-order valence-electron chi connectivity index (χ1n) is 5.66. The average Bonchev–Trinajstić information content (AvgIpc) is 2.25. The molecule has 3 nitrogen and oxygen atoms in total. The quantitative estimate of drug-likeness (QED) is 0.787. The van der Waals surface area contributed by atoms with Crippen molar-refractivity contribution in [3.63, 3.8) is 0 Å². The molecule has 0 bridgehead atoms. The van der Waals surface area contributed by atoms with Crippen LogP contribution in [0.25, 0.3) is 0 Å². The summed E-state index contributed by atoms with van der Waals surface area (Å²) < 4.78 is 5.50. The lowest BCUT2D eigenvalue weighted by molar-refractivity contribution is 0.0697. The first kappa shape index (κ1) is 13.8. The highest BCUT2D eigenvalue weighted by Gasteiger charge is 2.07. The Morgan fingerprint density at radius 1 is 1.47 bits per heavy atom. The summed E-state index contributed by atoms with van der Waals surface area (Å²) in [6.07, 6.45) is 2.07. The van der Waals surface area contributed by atoms with E-state index < -0.39 is 5.97 Å². The monoisotopic (exact) mass is 256 g/mol. The fourth-order valence-electron chi connectivity index (χ4n) is 1.42. The van der Waals surface area contributed by atoms with Crippen LogP contribution in [0.3, 0.4) is 0 Å². The number of carboxylic acid groups (broad SMARTS) is 1. The van der Waals surface area contributed by atoms with Crippen LogP contribution in [0.2, 0.25) is 5.02 Å². The summed E-state index contributed by atoms with van der Waals surface area (Å²) in [5.41, 5.74) is 0.171. The number of hydrogen-bond donors (Lipinski definition) is 1. The molecular formula is C13H17ClO3. The molecule has 0 saturated carbocycles. The van der Waals surface area contributed by atoms with E-state index in [0.29, 0.717) is 23.3 Å². The summed E-state index contributed by atoms with van der Waals surface area (Å²) in [5, 5.41) is 9.12. The standard InChI is InChI=1S/C13H17ClO3/c1-9(2)4-3-7-17-12-6-5-10(13(15)16)8-11(12)14/h5-6,8-9H,3-4,7H2,1-2H3,(H,15,16). The predicted molar refractivity (Wildman–Crippen MR) is 68.0 cm³/mol. The third-order valence-electron chi connectivity index (χ3n) is 2.36. The van der Waals surface area contributed by atoms with Gasteiger partial charge < -0.3 is 9.84 Å². The lowest BCUT2D eigenvalue weighted by Gasteiger charge is -2.09. The molecule has 0 heterocycles. The molecular weight excluding hydrogens is 240 g/mol. The van der Waals surface area contributed by atoms with Crippen LogP contribution in [-0.2, 0) is 0 Å². The molecule has 0 radical (unpaired) electrons. The maximum Gasteiger partial charge on any atom is 0.335 e. The van der Waals surface area contributed by atoms with Crippen LogP contribution in [0.4, 0.5) is 0 Å². The molecule has 0 fully saturated rings. The van der Waals surface area contributed by atoms with Crippen molar-refractivity contribution in [1.29, 1.82) is 0 Å². The van der Waals surface area contributed by atoms with Crippen molar-refractivity contribution in [3.8, 4) is 5.75 Å². The van der Waals surface area contributed by atoms with Gasteiger partial charge in [0, 0.05) is 0 Å². The summed E-state index contributed by atoms with van der Waals surface area (Å²) in [6.45, 7) is 4.92. The van der Waals surface area contributed by atoms with Gasteiger partial charge in [0.1, 0.15) is 5.75 Å². The van der Waals surface area contributed by atoms with E-state index in [1.165, 1.54) is 12.1 Å². The molecule has 0 spiro atoms. The van der Waals surface area contributed by atoms with Crippen molar-refractivity contribution >= 4 is 17.6 Å². The summed E-state index contributed by atoms with van der Waals surface area (Å²) >= 11 is 5.93. The van der Waals surface area contributed by atoms with Gasteiger partial charge in [-0.1, -0.05) is 25.4 Å². The zero-order valence-electron chi connectivity index (χ0n) is 10.1. The summed E-state index contributed by atoms with van der Waals surface area (Å²) in [6, 6.07) is 4.49. The Kier molecular flexibility index (Phi) is 5.29. The highest BCUT2D eigenvalue weighted by atomic mass is 35.5. The number of rotatable bonds is 6. The van der Waals surface area contributed by atoms with Crippen LogP contribution in [0.5, 0.6) is 5.75 Å². The molecule has 0 amide bonds. The minimum atomic E-state index is -0.988. The molecule has 4 heteroatoms. The molecule has 1 rings (SSSR count). The zero-order valence-corrected chi connectivity index (χ0v) is 10.8. The topological polar surface area (TPSA) is 46.5 Å². The molecule has 1 aromatic carbocycles. The van der Waals surface area contributed by atoms with E-state index in [2.05, 4.69) is 13.8 Å². The van der Waals surface area contributed by atoms with Gasteiger partial charge in [-0.2, -0.15) is 0 Å². The molecule has 0 aromatic heterocycles. The second-order valence-electron chi connectivity index (χ2n) is 4.33. The minimum Gasteiger partial charge on any atom is -0.492 e. The highest BCUT2D eigenvalue weighted by Crippen LogP contribution is 2.25. The lowest BCUT2D eigenvalue weighted by Crippen LogP contribution is -2.01. The van der Waals surface area contributed by atoms with Crippen LogP contribution in [-0.4, -0.2) is 17.7 Å². The number of hydrogen-bond acceptors (Lipinski definition) is 2. The highest BCUT2D eigenvalue weighted by molar-refractivity contribution is 6.32. The molecule has 17 heavy (non-hydrogen) atoms. The van der Waals surface area contributed by atoms with Gasteiger partial charge in [-0.15, -0.1) is 0 Å². The molecule has 0 saturated heterocycles. The van der Waals surface area contributed by atoms with Gasteiger partial charge in [0.25, 0.3) is 0 Å². The third kappa shape index (κ3) is 4.65. The number of carbonyl (C=O) groups is 1. The second kappa shape index (κ2) is 6.50. The van der Waals surface area contributed by atoms with E-state index >= 15 is 0 Å². The van der Waals surface area contributed by atoms with Crippen LogP contribution in [0.15, 0.2) is 18.2 Å². The van der Waals surface area contributed by atoms with E-state index in [1.807, 2.05) is 0 Å².